The average molecular weight is 306 g/mol. The van der Waals surface area contributed by atoms with Gasteiger partial charge in [0.15, 0.2) is 0 Å². The van der Waals surface area contributed by atoms with Crippen LogP contribution in [0.25, 0.3) is 33.0 Å². The molecule has 1 aliphatic rings. The first kappa shape index (κ1) is 13.6. The van der Waals surface area contributed by atoms with Gasteiger partial charge in [-0.25, -0.2) is 0 Å². The first-order valence-electron chi connectivity index (χ1n) is 8.51. The Labute approximate surface area is 142 Å². The molecule has 0 N–H and O–H groups in total. The first-order chi connectivity index (χ1) is 11.8. The SMILES string of the molecule is Cc1ccc2c(c1)Cc1ccccc1-c1ccc3ccccc3c1-2. The Morgan fingerprint density at radius 1 is 0.625 bits per heavy atom. The molecule has 0 saturated carbocycles. The second kappa shape index (κ2) is 5.07. The molecule has 0 heteroatoms. The standard InChI is InChI=1S/C24H18/c1-16-10-12-22-19(14-16)15-18-7-3-4-8-20(18)23-13-11-17-6-2-5-9-21(17)24(22)23/h2-14H,15H2,1H3. The predicted octanol–water partition coefficient (Wildman–Crippen LogP) is 6.39. The van der Waals surface area contributed by atoms with E-state index in [-0.39, 0.29) is 0 Å². The fourth-order valence-electron chi connectivity index (χ4n) is 4.04. The Morgan fingerprint density at radius 3 is 2.38 bits per heavy atom. The maximum absolute atomic E-state index is 2.35. The second-order valence-electron chi connectivity index (χ2n) is 6.70. The van der Waals surface area contributed by atoms with Gasteiger partial charge in [0.25, 0.3) is 0 Å². The molecule has 0 aromatic heterocycles. The molecular formula is C24H18. The van der Waals surface area contributed by atoms with E-state index in [0.29, 0.717) is 0 Å². The molecule has 114 valence electrons. The smallest absolute Gasteiger partial charge is 0.00133 e. The van der Waals surface area contributed by atoms with Gasteiger partial charge in [-0.2, -0.15) is 0 Å². The van der Waals surface area contributed by atoms with Crippen molar-refractivity contribution in [1.82, 2.24) is 0 Å². The number of rotatable bonds is 0. The molecular weight excluding hydrogens is 288 g/mol. The Hall–Kier alpha value is -2.86. The van der Waals surface area contributed by atoms with Crippen molar-refractivity contribution in [2.24, 2.45) is 0 Å². The highest BCUT2D eigenvalue weighted by Gasteiger charge is 2.20. The van der Waals surface area contributed by atoms with Crippen molar-refractivity contribution < 1.29 is 0 Å². The van der Waals surface area contributed by atoms with Crippen LogP contribution in [0.1, 0.15) is 16.7 Å². The number of hydrogen-bond donors (Lipinski definition) is 0. The van der Waals surface area contributed by atoms with Gasteiger partial charge in [-0.1, -0.05) is 84.4 Å². The molecule has 0 amide bonds. The summed E-state index contributed by atoms with van der Waals surface area (Å²) in [6.07, 6.45) is 0.996. The Kier molecular flexibility index (Phi) is 2.87. The van der Waals surface area contributed by atoms with E-state index in [0.717, 1.165) is 6.42 Å². The molecule has 0 saturated heterocycles. The van der Waals surface area contributed by atoms with Crippen LogP contribution in [0.15, 0.2) is 78.9 Å². The van der Waals surface area contributed by atoms with Crippen LogP contribution in [0, 0.1) is 6.92 Å². The van der Waals surface area contributed by atoms with Crippen LogP contribution in [0.2, 0.25) is 0 Å². The summed E-state index contributed by atoms with van der Waals surface area (Å²) in [5.41, 5.74) is 9.65. The van der Waals surface area contributed by atoms with E-state index in [9.17, 15) is 0 Å². The van der Waals surface area contributed by atoms with Crippen molar-refractivity contribution in [3.8, 4) is 22.3 Å². The Bertz CT molecular complexity index is 1090. The average Bonchev–Trinajstić information content (AvgIpc) is 2.75. The van der Waals surface area contributed by atoms with Gasteiger partial charge in [0.2, 0.25) is 0 Å². The monoisotopic (exact) mass is 306 g/mol. The minimum Gasteiger partial charge on any atom is -0.0619 e. The lowest BCUT2D eigenvalue weighted by molar-refractivity contribution is 1.20. The molecule has 0 nitrogen and oxygen atoms in total. The van der Waals surface area contributed by atoms with Crippen molar-refractivity contribution in [3.63, 3.8) is 0 Å². The number of benzene rings is 4. The molecule has 0 radical (unpaired) electrons. The molecule has 0 spiro atoms. The van der Waals surface area contributed by atoms with E-state index in [1.165, 1.54) is 49.7 Å². The zero-order valence-corrected chi connectivity index (χ0v) is 13.7. The molecule has 4 aromatic carbocycles. The third-order valence-corrected chi connectivity index (χ3v) is 5.15. The summed E-state index contributed by atoms with van der Waals surface area (Å²) in [5.74, 6) is 0. The van der Waals surface area contributed by atoms with E-state index in [1.54, 1.807) is 0 Å². The van der Waals surface area contributed by atoms with Gasteiger partial charge in [-0.3, -0.25) is 0 Å². The molecule has 4 aromatic rings. The molecule has 0 bridgehead atoms. The maximum Gasteiger partial charge on any atom is -0.00133 e. The molecule has 0 heterocycles. The topological polar surface area (TPSA) is 0 Å². The summed E-state index contributed by atoms with van der Waals surface area (Å²) < 4.78 is 0. The van der Waals surface area contributed by atoms with Gasteiger partial charge < -0.3 is 0 Å². The van der Waals surface area contributed by atoms with Crippen LogP contribution in [0.3, 0.4) is 0 Å². The maximum atomic E-state index is 2.35. The Balaban J connectivity index is 1.99. The zero-order chi connectivity index (χ0) is 16.1. The van der Waals surface area contributed by atoms with Crippen molar-refractivity contribution >= 4 is 10.8 Å². The van der Waals surface area contributed by atoms with Crippen molar-refractivity contribution in [2.75, 3.05) is 0 Å². The lowest BCUT2D eigenvalue weighted by Crippen LogP contribution is -1.91. The highest BCUT2D eigenvalue weighted by molar-refractivity contribution is 6.05. The van der Waals surface area contributed by atoms with Crippen LogP contribution < -0.4 is 0 Å². The summed E-state index contributed by atoms with van der Waals surface area (Å²) in [4.78, 5) is 0. The van der Waals surface area contributed by atoms with Gasteiger partial charge in [0.05, 0.1) is 0 Å². The van der Waals surface area contributed by atoms with Gasteiger partial charge in [0.1, 0.15) is 0 Å². The molecule has 0 atom stereocenters. The third-order valence-electron chi connectivity index (χ3n) is 5.15. The highest BCUT2D eigenvalue weighted by Crippen LogP contribution is 2.44. The summed E-state index contributed by atoms with van der Waals surface area (Å²) in [5, 5.41) is 2.65. The van der Waals surface area contributed by atoms with E-state index < -0.39 is 0 Å². The summed E-state index contributed by atoms with van der Waals surface area (Å²) in [7, 11) is 0. The first-order valence-corrected chi connectivity index (χ1v) is 8.51. The van der Waals surface area contributed by atoms with Crippen molar-refractivity contribution in [2.45, 2.75) is 13.3 Å². The van der Waals surface area contributed by atoms with E-state index in [2.05, 4.69) is 85.8 Å². The lowest BCUT2D eigenvalue weighted by atomic mass is 9.89. The minimum absolute atomic E-state index is 0.996. The van der Waals surface area contributed by atoms with Gasteiger partial charge in [-0.05, 0) is 57.5 Å². The highest BCUT2D eigenvalue weighted by atomic mass is 14.2. The van der Waals surface area contributed by atoms with Crippen LogP contribution >= 0.6 is 0 Å². The number of fused-ring (bicyclic) bond motifs is 7. The minimum atomic E-state index is 0.996. The molecule has 24 heavy (non-hydrogen) atoms. The fourth-order valence-corrected chi connectivity index (χ4v) is 4.04. The van der Waals surface area contributed by atoms with Crippen LogP contribution in [0.4, 0.5) is 0 Å². The zero-order valence-electron chi connectivity index (χ0n) is 13.7. The normalized spacial score (nSPS) is 12.2. The Morgan fingerprint density at radius 2 is 1.42 bits per heavy atom. The molecule has 0 unspecified atom stereocenters. The van der Waals surface area contributed by atoms with E-state index in [1.807, 2.05) is 0 Å². The molecule has 5 rings (SSSR count). The number of aryl methyl sites for hydroxylation is 1. The van der Waals surface area contributed by atoms with E-state index in [4.69, 9.17) is 0 Å². The molecule has 0 fully saturated rings. The van der Waals surface area contributed by atoms with Crippen LogP contribution in [0.5, 0.6) is 0 Å². The molecule has 1 aliphatic carbocycles. The van der Waals surface area contributed by atoms with Crippen molar-refractivity contribution in [3.05, 3.63) is 95.6 Å². The van der Waals surface area contributed by atoms with Crippen LogP contribution in [-0.4, -0.2) is 0 Å². The number of hydrogen-bond acceptors (Lipinski definition) is 0. The fraction of sp³-hybridized carbons (Fsp3) is 0.0833. The largest absolute Gasteiger partial charge is 0.0619 e. The van der Waals surface area contributed by atoms with Crippen molar-refractivity contribution in [1.29, 1.82) is 0 Å². The quantitative estimate of drug-likeness (QED) is 0.311. The summed E-state index contributed by atoms with van der Waals surface area (Å²) >= 11 is 0. The summed E-state index contributed by atoms with van der Waals surface area (Å²) in [6, 6.07) is 29.0. The van der Waals surface area contributed by atoms with Crippen LogP contribution in [-0.2, 0) is 6.42 Å². The van der Waals surface area contributed by atoms with E-state index >= 15 is 0 Å². The summed E-state index contributed by atoms with van der Waals surface area (Å²) in [6.45, 7) is 2.18. The lowest BCUT2D eigenvalue weighted by Gasteiger charge is -2.14. The van der Waals surface area contributed by atoms with Gasteiger partial charge in [0, 0.05) is 0 Å². The second-order valence-corrected chi connectivity index (χ2v) is 6.70. The van der Waals surface area contributed by atoms with Gasteiger partial charge in [-0.15, -0.1) is 0 Å². The molecule has 0 aliphatic heterocycles. The third kappa shape index (κ3) is 1.93. The van der Waals surface area contributed by atoms with Gasteiger partial charge >= 0.3 is 0 Å². The predicted molar refractivity (Wildman–Crippen MR) is 102 cm³/mol.